The van der Waals surface area contributed by atoms with Crippen molar-refractivity contribution < 1.29 is 19.1 Å². The number of carbonyl (C=O) groups excluding carboxylic acids is 2. The van der Waals surface area contributed by atoms with Gasteiger partial charge in [-0.2, -0.15) is 5.26 Å². The highest BCUT2D eigenvalue weighted by Crippen LogP contribution is 2.35. The van der Waals surface area contributed by atoms with Gasteiger partial charge in [-0.05, 0) is 76.7 Å². The molecule has 0 atom stereocenters. The van der Waals surface area contributed by atoms with E-state index in [0.717, 1.165) is 0 Å². The van der Waals surface area contributed by atoms with Crippen LogP contribution in [-0.4, -0.2) is 25.5 Å². The molecule has 184 valence electrons. The van der Waals surface area contributed by atoms with Gasteiger partial charge in [0.15, 0.2) is 18.1 Å². The highest BCUT2D eigenvalue weighted by Gasteiger charge is 2.16. The van der Waals surface area contributed by atoms with Crippen LogP contribution in [0.15, 0.2) is 60.2 Å². The van der Waals surface area contributed by atoms with Gasteiger partial charge in [-0.1, -0.05) is 46.9 Å². The van der Waals surface area contributed by atoms with E-state index >= 15 is 0 Å². The number of nitriles is 1. The molecule has 0 spiro atoms. The Kier molecular flexibility index (Phi) is 9.84. The topological polar surface area (TPSA) is 100 Å². The van der Waals surface area contributed by atoms with Crippen LogP contribution in [0.2, 0.25) is 15.1 Å². The first-order valence-electron chi connectivity index (χ1n) is 10.1. The van der Waals surface area contributed by atoms with Gasteiger partial charge < -0.3 is 20.1 Å². The number of ether oxygens (including phenoxy) is 2. The quantitative estimate of drug-likeness (QED) is 0.158. The van der Waals surface area contributed by atoms with Crippen molar-refractivity contribution in [2.75, 3.05) is 24.4 Å². The fourth-order valence-corrected chi connectivity index (χ4v) is 4.20. The molecule has 0 aliphatic carbocycles. The van der Waals surface area contributed by atoms with E-state index < -0.39 is 11.8 Å². The maximum atomic E-state index is 12.6. The first kappa shape index (κ1) is 27.6. The summed E-state index contributed by atoms with van der Waals surface area (Å²) in [6.45, 7) is -0.300. The van der Waals surface area contributed by atoms with E-state index in [0.29, 0.717) is 47.1 Å². The summed E-state index contributed by atoms with van der Waals surface area (Å²) in [6, 6.07) is 16.6. The average Bonchev–Trinajstić information content (AvgIpc) is 2.85. The monoisotopic (exact) mass is 655 g/mol. The molecule has 0 unspecified atom stereocenters. The van der Waals surface area contributed by atoms with Crippen molar-refractivity contribution >= 4 is 86.7 Å². The summed E-state index contributed by atoms with van der Waals surface area (Å²) in [5.41, 5.74) is 1.25. The van der Waals surface area contributed by atoms with Gasteiger partial charge in [0.05, 0.1) is 31.4 Å². The normalized spacial score (nSPS) is 10.8. The Labute approximate surface area is 236 Å². The zero-order valence-electron chi connectivity index (χ0n) is 18.6. The van der Waals surface area contributed by atoms with Crippen molar-refractivity contribution in [1.82, 2.24) is 0 Å². The van der Waals surface area contributed by atoms with Crippen LogP contribution in [0.5, 0.6) is 11.5 Å². The Morgan fingerprint density at radius 2 is 1.78 bits per heavy atom. The summed E-state index contributed by atoms with van der Waals surface area (Å²) in [5, 5.41) is 15.8. The molecule has 2 N–H and O–H groups in total. The number of hydrogen-bond acceptors (Lipinski definition) is 5. The molecule has 0 aliphatic rings. The number of benzene rings is 3. The number of carbonyl (C=O) groups is 2. The Bertz CT molecular complexity index is 1390. The van der Waals surface area contributed by atoms with Crippen LogP contribution in [0.4, 0.5) is 11.4 Å². The number of rotatable bonds is 8. The summed E-state index contributed by atoms with van der Waals surface area (Å²) in [4.78, 5) is 24.9. The second kappa shape index (κ2) is 12.8. The summed E-state index contributed by atoms with van der Waals surface area (Å²) in [6.07, 6.45) is 1.41. The molecule has 0 aromatic heterocycles. The van der Waals surface area contributed by atoms with Gasteiger partial charge in [0.25, 0.3) is 11.8 Å². The molecule has 0 bridgehead atoms. The number of halogens is 4. The van der Waals surface area contributed by atoms with Gasteiger partial charge in [-0.3, -0.25) is 9.59 Å². The molecule has 0 saturated carbocycles. The summed E-state index contributed by atoms with van der Waals surface area (Å²) >= 11 is 19.9. The van der Waals surface area contributed by atoms with Gasteiger partial charge in [0, 0.05) is 5.69 Å². The van der Waals surface area contributed by atoms with Crippen LogP contribution >= 0.6 is 57.4 Å². The maximum absolute atomic E-state index is 12.6. The minimum atomic E-state index is -0.612. The third-order valence-corrected chi connectivity index (χ3v) is 6.47. The number of methoxy groups -OCH3 is 1. The molecule has 36 heavy (non-hydrogen) atoms. The third-order valence-electron chi connectivity index (χ3n) is 4.60. The van der Waals surface area contributed by atoms with E-state index in [1.807, 2.05) is 28.7 Å². The minimum Gasteiger partial charge on any atom is -0.493 e. The highest BCUT2D eigenvalue weighted by molar-refractivity contribution is 14.1. The van der Waals surface area contributed by atoms with E-state index in [2.05, 4.69) is 10.6 Å². The fourth-order valence-electron chi connectivity index (χ4n) is 2.94. The lowest BCUT2D eigenvalue weighted by Crippen LogP contribution is -2.20. The van der Waals surface area contributed by atoms with Crippen molar-refractivity contribution in [3.63, 3.8) is 0 Å². The number of para-hydroxylation sites is 1. The van der Waals surface area contributed by atoms with Crippen LogP contribution in [0.1, 0.15) is 5.56 Å². The van der Waals surface area contributed by atoms with Gasteiger partial charge in [0.2, 0.25) is 0 Å². The van der Waals surface area contributed by atoms with Crippen LogP contribution < -0.4 is 20.1 Å². The zero-order valence-corrected chi connectivity index (χ0v) is 23.0. The van der Waals surface area contributed by atoms with Gasteiger partial charge in [-0.15, -0.1) is 0 Å². The highest BCUT2D eigenvalue weighted by atomic mass is 127. The van der Waals surface area contributed by atoms with Crippen molar-refractivity contribution in [3.8, 4) is 17.6 Å². The Balaban J connectivity index is 1.74. The van der Waals surface area contributed by atoms with E-state index in [9.17, 15) is 14.9 Å². The van der Waals surface area contributed by atoms with Crippen LogP contribution in [0, 0.1) is 14.9 Å². The SMILES string of the molecule is COc1cc(/C=C(\C#N)C(=O)Nc2ccccc2Cl)cc(I)c1OCC(=O)Nc1ccc(Cl)c(Cl)c1. The zero-order chi connectivity index (χ0) is 26.2. The first-order valence-corrected chi connectivity index (χ1v) is 12.4. The van der Waals surface area contributed by atoms with Crippen molar-refractivity contribution in [1.29, 1.82) is 5.26 Å². The molecule has 3 aromatic rings. The van der Waals surface area contributed by atoms with Crippen LogP contribution in [0.3, 0.4) is 0 Å². The molecule has 3 aromatic carbocycles. The average molecular weight is 657 g/mol. The van der Waals surface area contributed by atoms with Gasteiger partial charge >= 0.3 is 0 Å². The summed E-state index contributed by atoms with van der Waals surface area (Å²) in [5.74, 6) is -0.380. The second-order valence-corrected chi connectivity index (χ2v) is 9.49. The largest absolute Gasteiger partial charge is 0.493 e. The number of hydrogen-bond donors (Lipinski definition) is 2. The van der Waals surface area contributed by atoms with Crippen molar-refractivity contribution in [2.45, 2.75) is 0 Å². The Morgan fingerprint density at radius 1 is 1.03 bits per heavy atom. The lowest BCUT2D eigenvalue weighted by atomic mass is 10.1. The number of anilines is 2. The molecule has 0 aliphatic heterocycles. The lowest BCUT2D eigenvalue weighted by molar-refractivity contribution is -0.118. The summed E-state index contributed by atoms with van der Waals surface area (Å²) in [7, 11) is 1.44. The molecule has 2 amide bonds. The first-order chi connectivity index (χ1) is 17.2. The fraction of sp³-hybridized carbons (Fsp3) is 0.0800. The lowest BCUT2D eigenvalue weighted by Gasteiger charge is -2.14. The minimum absolute atomic E-state index is 0.137. The number of nitrogens with one attached hydrogen (secondary N) is 2. The molecule has 0 fully saturated rings. The van der Waals surface area contributed by atoms with Crippen molar-refractivity contribution in [2.24, 2.45) is 0 Å². The third kappa shape index (κ3) is 7.27. The molecule has 11 heteroatoms. The molecular weight excluding hydrogens is 640 g/mol. The second-order valence-electron chi connectivity index (χ2n) is 7.10. The Morgan fingerprint density at radius 3 is 2.44 bits per heavy atom. The van der Waals surface area contributed by atoms with E-state index in [1.54, 1.807) is 48.5 Å². The van der Waals surface area contributed by atoms with Crippen LogP contribution in [0.25, 0.3) is 6.08 Å². The molecule has 0 heterocycles. The molecule has 0 saturated heterocycles. The standard InChI is InChI=1S/C25H17Cl3IN3O4/c1-35-22-10-14(8-15(12-30)25(34)32-21-5-3-2-4-18(21)27)9-20(29)24(22)36-13-23(33)31-16-6-7-17(26)19(28)11-16/h2-11H,13H2,1H3,(H,31,33)(H,32,34)/b15-8+. The Hall–Kier alpha value is -2.97. The molecule has 0 radical (unpaired) electrons. The smallest absolute Gasteiger partial charge is 0.266 e. The van der Waals surface area contributed by atoms with Gasteiger partial charge in [0.1, 0.15) is 11.6 Å². The van der Waals surface area contributed by atoms with Crippen molar-refractivity contribution in [3.05, 3.63) is 84.4 Å². The molecule has 7 nitrogen and oxygen atoms in total. The van der Waals surface area contributed by atoms with E-state index in [4.69, 9.17) is 44.3 Å². The number of amides is 2. The van der Waals surface area contributed by atoms with E-state index in [-0.39, 0.29) is 12.2 Å². The summed E-state index contributed by atoms with van der Waals surface area (Å²) < 4.78 is 11.7. The van der Waals surface area contributed by atoms with Gasteiger partial charge in [-0.25, -0.2) is 0 Å². The maximum Gasteiger partial charge on any atom is 0.266 e. The number of nitrogens with zero attached hydrogens (tertiary/aromatic N) is 1. The molecular formula is C25H17Cl3IN3O4. The van der Waals surface area contributed by atoms with Crippen LogP contribution in [-0.2, 0) is 9.59 Å². The molecule has 3 rings (SSSR count). The van der Waals surface area contributed by atoms with E-state index in [1.165, 1.54) is 19.3 Å². The predicted molar refractivity (Wildman–Crippen MR) is 150 cm³/mol. The predicted octanol–water partition coefficient (Wildman–Crippen LogP) is 6.82.